The first kappa shape index (κ1) is 6.30. The highest BCUT2D eigenvalue weighted by Gasteiger charge is 2.11. The maximum atomic E-state index is 4.09. The highest BCUT2D eigenvalue weighted by atomic mass is 15.2. The van der Waals surface area contributed by atoms with Gasteiger partial charge in [-0.05, 0) is 6.92 Å². The molecule has 4 heteroatoms. The van der Waals surface area contributed by atoms with Gasteiger partial charge in [0.25, 0.3) is 0 Å². The number of aryl methyl sites for hydroxylation is 1. The number of nitrogens with zero attached hydrogens (tertiary/aromatic N) is 2. The molecule has 11 heavy (non-hydrogen) atoms. The summed E-state index contributed by atoms with van der Waals surface area (Å²) in [4.78, 5) is 12.3. The van der Waals surface area contributed by atoms with Crippen LogP contribution in [0.5, 0.6) is 0 Å². The topological polar surface area (TPSA) is 45.5 Å². The fraction of sp³-hybridized carbons (Fsp3) is 0.143. The number of hydrogen-bond acceptors (Lipinski definition) is 2. The van der Waals surface area contributed by atoms with Crippen molar-refractivity contribution in [1.29, 1.82) is 0 Å². The lowest BCUT2D eigenvalue weighted by Crippen LogP contribution is -3.00. The van der Waals surface area contributed by atoms with Gasteiger partial charge in [-0.25, -0.2) is 14.9 Å². The van der Waals surface area contributed by atoms with E-state index in [9.17, 15) is 0 Å². The molecule has 1 aromatic heterocycles. The highest BCUT2D eigenvalue weighted by Crippen LogP contribution is 1.95. The second-order valence-electron chi connectivity index (χ2n) is 2.43. The fourth-order valence-corrected chi connectivity index (χ4v) is 1.02. The number of H-pyrrole nitrogens is 1. The van der Waals surface area contributed by atoms with E-state index in [0.717, 1.165) is 16.5 Å². The summed E-state index contributed by atoms with van der Waals surface area (Å²) in [6.45, 7) is 1.93. The number of aromatic nitrogens is 2. The first-order chi connectivity index (χ1) is 5.36. The van der Waals surface area contributed by atoms with E-state index in [1.165, 1.54) is 0 Å². The first-order valence-corrected chi connectivity index (χ1v) is 3.45. The van der Waals surface area contributed by atoms with Crippen LogP contribution in [-0.2, 0) is 0 Å². The van der Waals surface area contributed by atoms with Crippen LogP contribution in [0, 0.1) is 6.92 Å². The van der Waals surface area contributed by atoms with Gasteiger partial charge < -0.3 is 0 Å². The van der Waals surface area contributed by atoms with Gasteiger partial charge in [0.1, 0.15) is 18.2 Å². The number of rotatable bonds is 1. The second-order valence-corrected chi connectivity index (χ2v) is 2.43. The standard InChI is InChI=1S/C7H8N4/c1-6-9-4-7(10-6)11-3-2-8-5-11/h2-5H,1H3,(H,9,10)/p+1. The Kier molecular flexibility index (Phi) is 1.33. The van der Waals surface area contributed by atoms with E-state index in [-0.39, 0.29) is 0 Å². The molecule has 2 heterocycles. The molecule has 2 rings (SSSR count). The lowest BCUT2D eigenvalue weighted by Gasteiger charge is -1.97. The van der Waals surface area contributed by atoms with Crippen LogP contribution in [-0.4, -0.2) is 16.3 Å². The van der Waals surface area contributed by atoms with Crippen molar-refractivity contribution in [2.45, 2.75) is 6.92 Å². The van der Waals surface area contributed by atoms with E-state index in [1.807, 2.05) is 25.7 Å². The minimum Gasteiger partial charge on any atom is -0.297 e. The van der Waals surface area contributed by atoms with Gasteiger partial charge in [-0.1, -0.05) is 0 Å². The maximum absolute atomic E-state index is 4.09. The van der Waals surface area contributed by atoms with Crippen molar-refractivity contribution in [3.63, 3.8) is 0 Å². The zero-order chi connectivity index (χ0) is 7.68. The molecule has 0 bridgehead atoms. The summed E-state index contributed by atoms with van der Waals surface area (Å²) >= 11 is 0. The first-order valence-electron chi connectivity index (χ1n) is 3.45. The molecule has 4 nitrogen and oxygen atoms in total. The van der Waals surface area contributed by atoms with Crippen molar-refractivity contribution in [2.24, 2.45) is 4.99 Å². The second kappa shape index (κ2) is 2.32. The molecule has 1 aliphatic heterocycles. The normalized spacial score (nSPS) is 21.4. The Morgan fingerprint density at radius 1 is 1.55 bits per heavy atom. The van der Waals surface area contributed by atoms with Crippen LogP contribution in [0.2, 0.25) is 0 Å². The van der Waals surface area contributed by atoms with Crippen LogP contribution >= 0.6 is 0 Å². The minimum atomic E-state index is 0.932. The van der Waals surface area contributed by atoms with Crippen molar-refractivity contribution in [3.05, 3.63) is 24.4 Å². The maximum Gasteiger partial charge on any atom is 0.234 e. The Morgan fingerprint density at radius 2 is 2.45 bits per heavy atom. The fourth-order valence-electron chi connectivity index (χ4n) is 1.02. The third-order valence-corrected chi connectivity index (χ3v) is 1.57. The van der Waals surface area contributed by atoms with Gasteiger partial charge in [0.2, 0.25) is 5.82 Å². The molecule has 0 aromatic carbocycles. The van der Waals surface area contributed by atoms with E-state index in [2.05, 4.69) is 15.0 Å². The summed E-state index contributed by atoms with van der Waals surface area (Å²) in [6, 6.07) is 0. The van der Waals surface area contributed by atoms with Gasteiger partial charge >= 0.3 is 0 Å². The zero-order valence-electron chi connectivity index (χ0n) is 6.20. The molecular weight excluding hydrogens is 140 g/mol. The van der Waals surface area contributed by atoms with Gasteiger partial charge in [0, 0.05) is 0 Å². The number of quaternary nitrogens is 1. The average Bonchev–Trinajstić information content (AvgIpc) is 2.55. The number of aliphatic imine (C=N–C) groups is 1. The Bertz CT molecular complexity index is 298. The summed E-state index contributed by atoms with van der Waals surface area (Å²) in [5.41, 5.74) is 0. The molecule has 56 valence electrons. The molecule has 0 spiro atoms. The molecule has 1 unspecified atom stereocenters. The third kappa shape index (κ3) is 1.08. The van der Waals surface area contributed by atoms with Crippen molar-refractivity contribution in [1.82, 2.24) is 9.97 Å². The Hall–Kier alpha value is -1.42. The molecule has 1 aliphatic rings. The van der Waals surface area contributed by atoms with Gasteiger partial charge in [0.15, 0.2) is 6.34 Å². The van der Waals surface area contributed by atoms with Crippen LogP contribution in [0.3, 0.4) is 0 Å². The van der Waals surface area contributed by atoms with Gasteiger partial charge in [-0.15, -0.1) is 0 Å². The number of hydrogen-bond donors (Lipinski definition) is 2. The number of aromatic amines is 1. The molecule has 0 saturated heterocycles. The molecule has 2 N–H and O–H groups in total. The number of nitrogens with one attached hydrogen (secondary N) is 2. The lowest BCUT2D eigenvalue weighted by molar-refractivity contribution is -0.658. The molecule has 0 radical (unpaired) electrons. The monoisotopic (exact) mass is 149 g/mol. The van der Waals surface area contributed by atoms with Crippen molar-refractivity contribution in [3.8, 4) is 0 Å². The minimum absolute atomic E-state index is 0.932. The van der Waals surface area contributed by atoms with E-state index in [0.29, 0.717) is 0 Å². The van der Waals surface area contributed by atoms with Crippen LogP contribution in [0.25, 0.3) is 0 Å². The van der Waals surface area contributed by atoms with Gasteiger partial charge in [-0.3, -0.25) is 4.98 Å². The number of imidazole rings is 1. The average molecular weight is 149 g/mol. The summed E-state index contributed by atoms with van der Waals surface area (Å²) < 4.78 is 0. The summed E-state index contributed by atoms with van der Waals surface area (Å²) in [7, 11) is 0. The van der Waals surface area contributed by atoms with E-state index in [1.54, 1.807) is 6.20 Å². The van der Waals surface area contributed by atoms with Crippen LogP contribution in [0.1, 0.15) is 5.82 Å². The predicted molar refractivity (Wildman–Crippen MR) is 41.6 cm³/mol. The van der Waals surface area contributed by atoms with E-state index in [4.69, 9.17) is 0 Å². The van der Waals surface area contributed by atoms with E-state index < -0.39 is 0 Å². The Labute approximate surface area is 64.3 Å². The SMILES string of the molecule is Cc1ncc([NH+]2C=CN=C2)[nH]1. The van der Waals surface area contributed by atoms with Crippen molar-refractivity contribution in [2.75, 3.05) is 0 Å². The van der Waals surface area contributed by atoms with Crippen LogP contribution in [0.4, 0.5) is 5.82 Å². The summed E-state index contributed by atoms with van der Waals surface area (Å²) in [6.07, 6.45) is 7.34. The Morgan fingerprint density at radius 3 is 3.00 bits per heavy atom. The summed E-state index contributed by atoms with van der Waals surface area (Å²) in [5, 5.41) is 0. The van der Waals surface area contributed by atoms with E-state index >= 15 is 0 Å². The molecular formula is C7H9N4+. The molecule has 0 amide bonds. The lowest BCUT2D eigenvalue weighted by atomic mass is 10.6. The molecule has 0 aliphatic carbocycles. The quantitative estimate of drug-likeness (QED) is 0.568. The van der Waals surface area contributed by atoms with Gasteiger partial charge in [0.05, 0.1) is 6.20 Å². The van der Waals surface area contributed by atoms with Gasteiger partial charge in [-0.2, -0.15) is 0 Å². The largest absolute Gasteiger partial charge is 0.297 e. The molecule has 0 fully saturated rings. The summed E-state index contributed by atoms with van der Waals surface area (Å²) in [5.74, 6) is 1.96. The zero-order valence-corrected chi connectivity index (χ0v) is 6.20. The smallest absolute Gasteiger partial charge is 0.234 e. The highest BCUT2D eigenvalue weighted by molar-refractivity contribution is 5.51. The van der Waals surface area contributed by atoms with Crippen LogP contribution in [0.15, 0.2) is 23.6 Å². The molecule has 1 aromatic rings. The van der Waals surface area contributed by atoms with Crippen molar-refractivity contribution >= 4 is 12.2 Å². The third-order valence-electron chi connectivity index (χ3n) is 1.57. The molecule has 0 saturated carbocycles. The Balaban J connectivity index is 2.29. The predicted octanol–water partition coefficient (Wildman–Crippen LogP) is -0.252. The van der Waals surface area contributed by atoms with Crippen molar-refractivity contribution < 1.29 is 4.90 Å². The molecule has 1 atom stereocenters. The van der Waals surface area contributed by atoms with Crippen LogP contribution < -0.4 is 4.90 Å².